The number of β-amino-alcohol motifs (C(OH)–C–C–N with tert-alkyl or cyclic N) is 1. The van der Waals surface area contributed by atoms with Gasteiger partial charge in [0, 0.05) is 32.1 Å². The van der Waals surface area contributed by atoms with Gasteiger partial charge in [-0.3, -0.25) is 9.69 Å². The van der Waals surface area contributed by atoms with Gasteiger partial charge in [0.15, 0.2) is 0 Å². The summed E-state index contributed by atoms with van der Waals surface area (Å²) in [5.41, 5.74) is 1.77. The first-order valence-corrected chi connectivity index (χ1v) is 8.96. The van der Waals surface area contributed by atoms with Gasteiger partial charge in [0.05, 0.1) is 23.4 Å². The third-order valence-corrected chi connectivity index (χ3v) is 5.24. The molecule has 0 bridgehead atoms. The molecule has 128 valence electrons. The third-order valence-electron chi connectivity index (χ3n) is 4.52. The van der Waals surface area contributed by atoms with Gasteiger partial charge in [-0.1, -0.05) is 30.3 Å². The standard InChI is InChI=1S/C18H23N3O2S/c1-14-16(11-24-19-14)17(22)20(2)12-18(23)8-9-21(13-18)10-15-6-4-3-5-7-15/h3-7,11,23H,8-10,12-13H2,1-2H3/t18-/m1/s1. The molecule has 0 aliphatic carbocycles. The van der Waals surface area contributed by atoms with E-state index in [0.717, 1.165) is 18.8 Å². The second-order valence-electron chi connectivity index (χ2n) is 6.65. The molecule has 0 spiro atoms. The van der Waals surface area contributed by atoms with Crippen molar-refractivity contribution >= 4 is 17.4 Å². The molecule has 24 heavy (non-hydrogen) atoms. The lowest BCUT2D eigenvalue weighted by atomic mass is 10.0. The highest BCUT2D eigenvalue weighted by Crippen LogP contribution is 2.24. The maximum Gasteiger partial charge on any atom is 0.256 e. The van der Waals surface area contributed by atoms with Gasteiger partial charge in [0.1, 0.15) is 0 Å². The van der Waals surface area contributed by atoms with E-state index in [1.54, 1.807) is 17.3 Å². The molecule has 3 rings (SSSR count). The fourth-order valence-electron chi connectivity index (χ4n) is 3.26. The number of rotatable bonds is 5. The number of aliphatic hydroxyl groups is 1. The molecule has 1 N–H and O–H groups in total. The molecule has 1 atom stereocenters. The number of hydrogen-bond donors (Lipinski definition) is 1. The zero-order chi connectivity index (χ0) is 17.2. The van der Waals surface area contributed by atoms with E-state index in [0.29, 0.717) is 25.1 Å². The lowest BCUT2D eigenvalue weighted by Crippen LogP contribution is -2.45. The van der Waals surface area contributed by atoms with Crippen molar-refractivity contribution in [2.75, 3.05) is 26.7 Å². The molecule has 2 heterocycles. The van der Waals surface area contributed by atoms with Crippen molar-refractivity contribution < 1.29 is 9.90 Å². The molecule has 0 unspecified atom stereocenters. The molecule has 1 aliphatic heterocycles. The molecule has 0 saturated carbocycles. The Kier molecular flexibility index (Phi) is 4.99. The summed E-state index contributed by atoms with van der Waals surface area (Å²) in [6, 6.07) is 10.3. The summed E-state index contributed by atoms with van der Waals surface area (Å²) in [5, 5.41) is 12.6. The second kappa shape index (κ2) is 7.01. The van der Waals surface area contributed by atoms with Crippen LogP contribution in [0.2, 0.25) is 0 Å². The Bertz CT molecular complexity index is 703. The Morgan fingerprint density at radius 3 is 2.83 bits per heavy atom. The third kappa shape index (κ3) is 3.83. The van der Waals surface area contributed by atoms with Crippen LogP contribution in [0.1, 0.15) is 28.0 Å². The van der Waals surface area contributed by atoms with E-state index in [1.807, 2.05) is 25.1 Å². The SMILES string of the molecule is Cc1nscc1C(=O)N(C)C[C@]1(O)CCN(Cc2ccccc2)C1. The molecule has 1 aliphatic rings. The maximum atomic E-state index is 12.5. The summed E-state index contributed by atoms with van der Waals surface area (Å²) >= 11 is 1.29. The van der Waals surface area contributed by atoms with Gasteiger partial charge in [-0.05, 0) is 30.4 Å². The van der Waals surface area contributed by atoms with E-state index in [2.05, 4.69) is 21.4 Å². The minimum atomic E-state index is -0.851. The van der Waals surface area contributed by atoms with Crippen molar-refractivity contribution in [3.8, 4) is 0 Å². The number of likely N-dealkylation sites (tertiary alicyclic amines) is 1. The van der Waals surface area contributed by atoms with Crippen LogP contribution in [0, 0.1) is 6.92 Å². The maximum absolute atomic E-state index is 12.5. The van der Waals surface area contributed by atoms with Crippen LogP contribution in [0.5, 0.6) is 0 Å². The van der Waals surface area contributed by atoms with Gasteiger partial charge in [-0.25, -0.2) is 0 Å². The predicted octanol–water partition coefficient (Wildman–Crippen LogP) is 2.16. The number of carbonyl (C=O) groups excluding carboxylic acids is 1. The lowest BCUT2D eigenvalue weighted by molar-refractivity contribution is 0.0170. The lowest BCUT2D eigenvalue weighted by Gasteiger charge is -2.29. The molecule has 6 heteroatoms. The summed E-state index contributed by atoms with van der Waals surface area (Å²) < 4.78 is 4.15. The fourth-order valence-corrected chi connectivity index (χ4v) is 3.95. The molecule has 1 saturated heterocycles. The summed E-state index contributed by atoms with van der Waals surface area (Å²) in [6.45, 7) is 4.43. The summed E-state index contributed by atoms with van der Waals surface area (Å²) in [5.74, 6) is -0.0730. The molecule has 1 aromatic heterocycles. The molecule has 1 fully saturated rings. The van der Waals surface area contributed by atoms with E-state index in [9.17, 15) is 9.90 Å². The molecular weight excluding hydrogens is 322 g/mol. The molecule has 1 aromatic carbocycles. The number of amides is 1. The van der Waals surface area contributed by atoms with Crippen LogP contribution in [-0.4, -0.2) is 57.5 Å². The highest BCUT2D eigenvalue weighted by atomic mass is 32.1. The van der Waals surface area contributed by atoms with Gasteiger partial charge in [-0.2, -0.15) is 4.37 Å². The first kappa shape index (κ1) is 17.1. The van der Waals surface area contributed by atoms with Gasteiger partial charge in [0.2, 0.25) is 0 Å². The largest absolute Gasteiger partial charge is 0.387 e. The molecular formula is C18H23N3O2S. The van der Waals surface area contributed by atoms with Crippen LogP contribution in [0.3, 0.4) is 0 Å². The highest BCUT2D eigenvalue weighted by Gasteiger charge is 2.38. The number of likely N-dealkylation sites (N-methyl/N-ethyl adjacent to an activating group) is 1. The number of nitrogens with zero attached hydrogens (tertiary/aromatic N) is 3. The molecule has 2 aromatic rings. The van der Waals surface area contributed by atoms with E-state index < -0.39 is 5.60 Å². The fraction of sp³-hybridized carbons (Fsp3) is 0.444. The van der Waals surface area contributed by atoms with Gasteiger partial charge in [-0.15, -0.1) is 0 Å². The van der Waals surface area contributed by atoms with Crippen LogP contribution in [0.15, 0.2) is 35.7 Å². The number of hydrogen-bond acceptors (Lipinski definition) is 5. The Balaban J connectivity index is 1.59. The quantitative estimate of drug-likeness (QED) is 0.902. The van der Waals surface area contributed by atoms with E-state index >= 15 is 0 Å². The van der Waals surface area contributed by atoms with Gasteiger partial charge in [0.25, 0.3) is 5.91 Å². The second-order valence-corrected chi connectivity index (χ2v) is 7.27. The van der Waals surface area contributed by atoms with Crippen LogP contribution in [0.4, 0.5) is 0 Å². The Morgan fingerprint density at radius 2 is 2.17 bits per heavy atom. The molecule has 5 nitrogen and oxygen atoms in total. The summed E-state index contributed by atoms with van der Waals surface area (Å²) in [4.78, 5) is 16.4. The smallest absolute Gasteiger partial charge is 0.256 e. The summed E-state index contributed by atoms with van der Waals surface area (Å²) in [7, 11) is 1.75. The molecule has 0 radical (unpaired) electrons. The van der Waals surface area contributed by atoms with Crippen molar-refractivity contribution in [3.63, 3.8) is 0 Å². The van der Waals surface area contributed by atoms with E-state index in [-0.39, 0.29) is 5.91 Å². The number of carbonyl (C=O) groups is 1. The predicted molar refractivity (Wildman–Crippen MR) is 95.1 cm³/mol. The summed E-state index contributed by atoms with van der Waals surface area (Å²) in [6.07, 6.45) is 0.679. The highest BCUT2D eigenvalue weighted by molar-refractivity contribution is 7.03. The van der Waals surface area contributed by atoms with E-state index in [1.165, 1.54) is 17.1 Å². The van der Waals surface area contributed by atoms with Crippen molar-refractivity contribution in [2.45, 2.75) is 25.5 Å². The van der Waals surface area contributed by atoms with Crippen molar-refractivity contribution in [2.24, 2.45) is 0 Å². The van der Waals surface area contributed by atoms with E-state index in [4.69, 9.17) is 0 Å². The Labute approximate surface area is 146 Å². The average Bonchev–Trinajstić information content (AvgIpc) is 3.13. The van der Waals surface area contributed by atoms with Crippen LogP contribution in [-0.2, 0) is 6.54 Å². The average molecular weight is 345 g/mol. The van der Waals surface area contributed by atoms with Gasteiger partial charge >= 0.3 is 0 Å². The van der Waals surface area contributed by atoms with Gasteiger partial charge < -0.3 is 10.0 Å². The van der Waals surface area contributed by atoms with Crippen molar-refractivity contribution in [3.05, 3.63) is 52.5 Å². The zero-order valence-corrected chi connectivity index (χ0v) is 14.9. The number of aryl methyl sites for hydroxylation is 1. The van der Waals surface area contributed by atoms with Crippen LogP contribution < -0.4 is 0 Å². The normalized spacial score (nSPS) is 21.1. The Morgan fingerprint density at radius 1 is 1.42 bits per heavy atom. The van der Waals surface area contributed by atoms with Crippen molar-refractivity contribution in [1.82, 2.24) is 14.2 Å². The first-order valence-electron chi connectivity index (χ1n) is 8.12. The topological polar surface area (TPSA) is 56.7 Å². The number of aromatic nitrogens is 1. The van der Waals surface area contributed by atoms with Crippen molar-refractivity contribution in [1.29, 1.82) is 0 Å². The minimum absolute atomic E-state index is 0.0730. The number of benzene rings is 1. The first-order chi connectivity index (χ1) is 11.5. The molecule has 1 amide bonds. The monoisotopic (exact) mass is 345 g/mol. The zero-order valence-electron chi connectivity index (χ0n) is 14.1. The van der Waals surface area contributed by atoms with Crippen LogP contribution >= 0.6 is 11.5 Å². The minimum Gasteiger partial charge on any atom is -0.387 e. The Hall–Kier alpha value is -1.76. The van der Waals surface area contributed by atoms with Crippen LogP contribution in [0.25, 0.3) is 0 Å².